The van der Waals surface area contributed by atoms with Crippen LogP contribution in [0.15, 0.2) is 18.2 Å². The Balaban J connectivity index is 1.33. The first kappa shape index (κ1) is 18.0. The molecule has 0 radical (unpaired) electrons. The van der Waals surface area contributed by atoms with Crippen LogP contribution < -0.4 is 10.2 Å². The van der Waals surface area contributed by atoms with Crippen molar-refractivity contribution in [2.75, 3.05) is 24.5 Å². The summed E-state index contributed by atoms with van der Waals surface area (Å²) in [5, 5.41) is 3.52. The molecule has 2 fully saturated rings. The second-order valence-corrected chi connectivity index (χ2v) is 8.72. The highest BCUT2D eigenvalue weighted by atomic mass is 16.2. The van der Waals surface area contributed by atoms with Gasteiger partial charge in [0, 0.05) is 18.7 Å². The Bertz CT molecular complexity index is 615. The van der Waals surface area contributed by atoms with E-state index in [0.717, 1.165) is 44.2 Å². The maximum atomic E-state index is 12.8. The van der Waals surface area contributed by atoms with Crippen molar-refractivity contribution < 1.29 is 4.79 Å². The van der Waals surface area contributed by atoms with Crippen molar-refractivity contribution in [2.24, 2.45) is 11.8 Å². The summed E-state index contributed by atoms with van der Waals surface area (Å²) in [4.78, 5) is 14.8. The lowest BCUT2D eigenvalue weighted by Crippen LogP contribution is -2.30. The first-order chi connectivity index (χ1) is 12.8. The maximum Gasteiger partial charge on any atom is 0.227 e. The molecule has 1 aliphatic carbocycles. The second-order valence-electron chi connectivity index (χ2n) is 8.72. The van der Waals surface area contributed by atoms with Gasteiger partial charge in [-0.2, -0.15) is 0 Å². The quantitative estimate of drug-likeness (QED) is 0.845. The molecule has 1 N–H and O–H groups in total. The van der Waals surface area contributed by atoms with Gasteiger partial charge >= 0.3 is 0 Å². The van der Waals surface area contributed by atoms with Crippen molar-refractivity contribution >= 4 is 11.6 Å². The molecule has 26 heavy (non-hydrogen) atoms. The van der Waals surface area contributed by atoms with Gasteiger partial charge in [0.1, 0.15) is 0 Å². The van der Waals surface area contributed by atoms with E-state index in [-0.39, 0.29) is 0 Å². The summed E-state index contributed by atoms with van der Waals surface area (Å²) in [6, 6.07) is 6.85. The first-order valence-corrected chi connectivity index (χ1v) is 10.9. The third-order valence-electron chi connectivity index (χ3n) is 6.76. The number of nitrogens with zero attached hydrogens (tertiary/aromatic N) is 1. The molecule has 1 aromatic carbocycles. The number of anilines is 1. The van der Waals surface area contributed by atoms with E-state index in [0.29, 0.717) is 5.91 Å². The third kappa shape index (κ3) is 4.31. The number of nitrogens with one attached hydrogen (secondary N) is 1. The number of amides is 1. The number of fused-ring (bicyclic) bond motifs is 1. The van der Waals surface area contributed by atoms with E-state index in [2.05, 4.69) is 28.4 Å². The molecule has 3 heteroatoms. The number of rotatable bonds is 5. The molecule has 142 valence electrons. The van der Waals surface area contributed by atoms with Crippen LogP contribution in [0.1, 0.15) is 68.9 Å². The average molecular weight is 355 g/mol. The molecule has 1 amide bonds. The highest BCUT2D eigenvalue weighted by Crippen LogP contribution is 2.32. The van der Waals surface area contributed by atoms with E-state index in [1.807, 2.05) is 0 Å². The summed E-state index contributed by atoms with van der Waals surface area (Å²) in [5.74, 6) is 1.91. The number of carbonyl (C=O) groups excluding carboxylic acids is 1. The van der Waals surface area contributed by atoms with Crippen LogP contribution in [0.2, 0.25) is 0 Å². The fraction of sp³-hybridized carbons (Fsp3) is 0.696. The van der Waals surface area contributed by atoms with Gasteiger partial charge < -0.3 is 10.2 Å². The fourth-order valence-electron chi connectivity index (χ4n) is 5.21. The van der Waals surface area contributed by atoms with Gasteiger partial charge in [-0.05, 0) is 74.2 Å². The molecule has 0 aromatic heterocycles. The number of hydrogen-bond acceptors (Lipinski definition) is 2. The average Bonchev–Trinajstić information content (AvgIpc) is 3.11. The second kappa shape index (κ2) is 8.56. The van der Waals surface area contributed by atoms with Crippen LogP contribution in [0.5, 0.6) is 0 Å². The number of hydrogen-bond donors (Lipinski definition) is 1. The summed E-state index contributed by atoms with van der Waals surface area (Å²) in [6.07, 6.45) is 13.5. The standard InChI is InChI=1S/C23H34N2O/c26-23(11-9-18-5-2-1-3-6-18)25-14-12-21-16-19(8-10-22(21)25)15-20-7-4-13-24-17-20/h8,10,16,18,20,24H,1-7,9,11-15,17H2. The van der Waals surface area contributed by atoms with Crippen LogP contribution in [-0.4, -0.2) is 25.5 Å². The van der Waals surface area contributed by atoms with Crippen LogP contribution in [-0.2, 0) is 17.6 Å². The SMILES string of the molecule is O=C(CCC1CCCCC1)N1CCc2cc(CC3CCCNC3)ccc21. The van der Waals surface area contributed by atoms with Gasteiger partial charge in [0.2, 0.25) is 5.91 Å². The Labute approximate surface area is 158 Å². The van der Waals surface area contributed by atoms with E-state index in [1.165, 1.54) is 74.7 Å². The predicted molar refractivity (Wildman–Crippen MR) is 108 cm³/mol. The monoisotopic (exact) mass is 354 g/mol. The smallest absolute Gasteiger partial charge is 0.227 e. The molecule has 1 unspecified atom stereocenters. The van der Waals surface area contributed by atoms with Crippen molar-refractivity contribution in [1.82, 2.24) is 5.32 Å². The first-order valence-electron chi connectivity index (χ1n) is 10.9. The predicted octanol–water partition coefficient (Wildman–Crippen LogP) is 4.48. The van der Waals surface area contributed by atoms with Gasteiger partial charge in [-0.1, -0.05) is 44.2 Å². The minimum Gasteiger partial charge on any atom is -0.316 e. The van der Waals surface area contributed by atoms with Crippen molar-refractivity contribution in [3.8, 4) is 0 Å². The van der Waals surface area contributed by atoms with Crippen LogP contribution >= 0.6 is 0 Å². The van der Waals surface area contributed by atoms with E-state index in [9.17, 15) is 4.79 Å². The molecule has 3 nitrogen and oxygen atoms in total. The zero-order chi connectivity index (χ0) is 17.8. The normalized spacial score (nSPS) is 23.8. The lowest BCUT2D eigenvalue weighted by molar-refractivity contribution is -0.118. The molecule has 0 spiro atoms. The Morgan fingerprint density at radius 2 is 1.92 bits per heavy atom. The molecule has 4 rings (SSSR count). The topological polar surface area (TPSA) is 32.3 Å². The Hall–Kier alpha value is -1.35. The molecule has 1 saturated carbocycles. The zero-order valence-electron chi connectivity index (χ0n) is 16.1. The van der Waals surface area contributed by atoms with Gasteiger partial charge in [0.15, 0.2) is 0 Å². The van der Waals surface area contributed by atoms with Crippen LogP contribution in [0, 0.1) is 11.8 Å². The van der Waals surface area contributed by atoms with E-state index in [4.69, 9.17) is 0 Å². The van der Waals surface area contributed by atoms with Gasteiger partial charge in [0.25, 0.3) is 0 Å². The van der Waals surface area contributed by atoms with Crippen molar-refractivity contribution in [3.05, 3.63) is 29.3 Å². The van der Waals surface area contributed by atoms with Crippen molar-refractivity contribution in [2.45, 2.75) is 70.6 Å². The zero-order valence-corrected chi connectivity index (χ0v) is 16.1. The summed E-state index contributed by atoms with van der Waals surface area (Å²) < 4.78 is 0. The van der Waals surface area contributed by atoms with E-state index >= 15 is 0 Å². The molecule has 1 saturated heterocycles. The largest absolute Gasteiger partial charge is 0.316 e. The summed E-state index contributed by atoms with van der Waals surface area (Å²) in [5.41, 5.74) is 4.02. The van der Waals surface area contributed by atoms with Crippen molar-refractivity contribution in [3.63, 3.8) is 0 Å². The van der Waals surface area contributed by atoms with Gasteiger partial charge in [-0.3, -0.25) is 4.79 Å². The number of carbonyl (C=O) groups is 1. The summed E-state index contributed by atoms with van der Waals surface area (Å²) >= 11 is 0. The Morgan fingerprint density at radius 1 is 1.08 bits per heavy atom. The Morgan fingerprint density at radius 3 is 2.73 bits per heavy atom. The molecule has 1 aromatic rings. The minimum absolute atomic E-state index is 0.346. The summed E-state index contributed by atoms with van der Waals surface area (Å²) in [6.45, 7) is 3.22. The minimum atomic E-state index is 0.346. The van der Waals surface area contributed by atoms with Crippen LogP contribution in [0.4, 0.5) is 5.69 Å². The lowest BCUT2D eigenvalue weighted by Gasteiger charge is -2.24. The molecule has 2 aliphatic heterocycles. The van der Waals surface area contributed by atoms with Crippen molar-refractivity contribution in [1.29, 1.82) is 0 Å². The third-order valence-corrected chi connectivity index (χ3v) is 6.76. The lowest BCUT2D eigenvalue weighted by atomic mass is 9.86. The summed E-state index contributed by atoms with van der Waals surface area (Å²) in [7, 11) is 0. The maximum absolute atomic E-state index is 12.8. The Kier molecular flexibility index (Phi) is 5.94. The van der Waals surface area contributed by atoms with Gasteiger partial charge in [0.05, 0.1) is 0 Å². The molecule has 1 atom stereocenters. The van der Waals surface area contributed by atoms with Crippen LogP contribution in [0.25, 0.3) is 0 Å². The van der Waals surface area contributed by atoms with E-state index < -0.39 is 0 Å². The molecular formula is C23H34N2O. The molecule has 3 aliphatic rings. The molecule has 0 bridgehead atoms. The highest BCUT2D eigenvalue weighted by Gasteiger charge is 2.26. The van der Waals surface area contributed by atoms with Gasteiger partial charge in [-0.25, -0.2) is 0 Å². The number of piperidine rings is 1. The van der Waals surface area contributed by atoms with Crippen LogP contribution in [0.3, 0.4) is 0 Å². The fourth-order valence-corrected chi connectivity index (χ4v) is 5.21. The highest BCUT2D eigenvalue weighted by molar-refractivity contribution is 5.95. The van der Waals surface area contributed by atoms with Gasteiger partial charge in [-0.15, -0.1) is 0 Å². The van der Waals surface area contributed by atoms with E-state index in [1.54, 1.807) is 0 Å². The molecule has 2 heterocycles. The number of benzene rings is 1. The molecular weight excluding hydrogens is 320 g/mol.